The molecule has 0 aliphatic carbocycles. The Labute approximate surface area is 111 Å². The highest BCUT2D eigenvalue weighted by Crippen LogP contribution is 2.16. The lowest BCUT2D eigenvalue weighted by Crippen LogP contribution is -2.20. The van der Waals surface area contributed by atoms with Gasteiger partial charge in [-0.05, 0) is 13.0 Å². The second-order valence-corrected chi connectivity index (χ2v) is 5.39. The standard InChI is InChI=1S/C12H17N5S/c1-9-14-10(8-18-9)7-17(4)11-5-6-13-12(15-11)16(2)3/h5-6,8H,7H2,1-4H3. The minimum absolute atomic E-state index is 0.716. The maximum absolute atomic E-state index is 4.49. The van der Waals surface area contributed by atoms with Crippen molar-refractivity contribution < 1.29 is 0 Å². The molecule has 5 nitrogen and oxygen atoms in total. The zero-order valence-electron chi connectivity index (χ0n) is 11.1. The predicted molar refractivity (Wildman–Crippen MR) is 75.3 cm³/mol. The fraction of sp³-hybridized carbons (Fsp3) is 0.417. The molecule has 0 radical (unpaired) electrons. The summed E-state index contributed by atoms with van der Waals surface area (Å²) in [7, 11) is 5.88. The fourth-order valence-corrected chi connectivity index (χ4v) is 2.18. The number of aromatic nitrogens is 3. The Morgan fingerprint density at radius 3 is 2.61 bits per heavy atom. The first-order valence-corrected chi connectivity index (χ1v) is 6.57. The fourth-order valence-electron chi connectivity index (χ4n) is 1.57. The van der Waals surface area contributed by atoms with Crippen molar-refractivity contribution in [3.8, 4) is 0 Å². The number of nitrogens with zero attached hydrogens (tertiary/aromatic N) is 5. The Balaban J connectivity index is 2.13. The summed E-state index contributed by atoms with van der Waals surface area (Å²) in [5.74, 6) is 1.62. The highest BCUT2D eigenvalue weighted by atomic mass is 32.1. The summed E-state index contributed by atoms with van der Waals surface area (Å²) in [4.78, 5) is 17.1. The van der Waals surface area contributed by atoms with E-state index in [-0.39, 0.29) is 0 Å². The number of anilines is 2. The van der Waals surface area contributed by atoms with Crippen molar-refractivity contribution in [1.29, 1.82) is 0 Å². The van der Waals surface area contributed by atoms with Crippen molar-refractivity contribution >= 4 is 23.1 Å². The van der Waals surface area contributed by atoms with Crippen LogP contribution in [0.4, 0.5) is 11.8 Å². The monoisotopic (exact) mass is 263 g/mol. The van der Waals surface area contributed by atoms with Crippen molar-refractivity contribution in [1.82, 2.24) is 15.0 Å². The third kappa shape index (κ3) is 2.95. The molecule has 0 atom stereocenters. The van der Waals surface area contributed by atoms with Gasteiger partial charge in [-0.2, -0.15) is 4.98 Å². The average Bonchev–Trinajstić information content (AvgIpc) is 2.75. The Hall–Kier alpha value is -1.69. The van der Waals surface area contributed by atoms with E-state index in [0.29, 0.717) is 5.95 Å². The number of thiazole rings is 1. The third-order valence-electron chi connectivity index (χ3n) is 2.49. The molecule has 18 heavy (non-hydrogen) atoms. The van der Waals surface area contributed by atoms with Crippen LogP contribution >= 0.6 is 11.3 Å². The van der Waals surface area contributed by atoms with E-state index in [9.17, 15) is 0 Å². The molecule has 2 aromatic heterocycles. The first kappa shape index (κ1) is 12.8. The number of hydrogen-bond acceptors (Lipinski definition) is 6. The topological polar surface area (TPSA) is 45.2 Å². The molecule has 0 saturated carbocycles. The molecule has 0 spiro atoms. The van der Waals surface area contributed by atoms with Crippen molar-refractivity contribution in [2.24, 2.45) is 0 Å². The molecule has 0 amide bonds. The molecule has 0 N–H and O–H groups in total. The summed E-state index contributed by atoms with van der Waals surface area (Å²) >= 11 is 1.67. The molecule has 0 aromatic carbocycles. The van der Waals surface area contributed by atoms with Crippen molar-refractivity contribution in [3.63, 3.8) is 0 Å². The van der Waals surface area contributed by atoms with Gasteiger partial charge in [0.2, 0.25) is 5.95 Å². The van der Waals surface area contributed by atoms with Crippen LogP contribution in [0, 0.1) is 6.92 Å². The Morgan fingerprint density at radius 2 is 2.00 bits per heavy atom. The highest BCUT2D eigenvalue weighted by molar-refractivity contribution is 7.09. The molecule has 2 aromatic rings. The van der Waals surface area contributed by atoms with Gasteiger partial charge < -0.3 is 9.80 Å². The largest absolute Gasteiger partial charge is 0.354 e. The van der Waals surface area contributed by atoms with E-state index in [1.54, 1.807) is 17.5 Å². The van der Waals surface area contributed by atoms with Crippen LogP contribution in [-0.4, -0.2) is 36.1 Å². The number of aryl methyl sites for hydroxylation is 1. The first-order chi connectivity index (χ1) is 8.56. The van der Waals surface area contributed by atoms with Crippen LogP contribution < -0.4 is 9.80 Å². The number of hydrogen-bond donors (Lipinski definition) is 0. The zero-order chi connectivity index (χ0) is 13.1. The van der Waals surface area contributed by atoms with Crippen LogP contribution in [0.2, 0.25) is 0 Å². The van der Waals surface area contributed by atoms with Gasteiger partial charge >= 0.3 is 0 Å². The molecular formula is C12H17N5S. The van der Waals surface area contributed by atoms with E-state index < -0.39 is 0 Å². The Morgan fingerprint density at radius 1 is 1.22 bits per heavy atom. The van der Waals surface area contributed by atoms with Crippen molar-refractivity contribution in [2.75, 3.05) is 30.9 Å². The van der Waals surface area contributed by atoms with Gasteiger partial charge in [-0.1, -0.05) is 0 Å². The zero-order valence-corrected chi connectivity index (χ0v) is 11.9. The summed E-state index contributed by atoms with van der Waals surface area (Å²) in [6.07, 6.45) is 1.78. The van der Waals surface area contributed by atoms with E-state index in [1.165, 1.54) is 0 Å². The molecule has 96 valence electrons. The molecule has 0 bridgehead atoms. The lowest BCUT2D eigenvalue weighted by atomic mass is 10.4. The molecule has 0 fully saturated rings. The smallest absolute Gasteiger partial charge is 0.226 e. The van der Waals surface area contributed by atoms with Crippen molar-refractivity contribution in [3.05, 3.63) is 28.3 Å². The van der Waals surface area contributed by atoms with Gasteiger partial charge in [-0.3, -0.25) is 0 Å². The summed E-state index contributed by atoms with van der Waals surface area (Å²) in [6.45, 7) is 2.78. The second kappa shape index (κ2) is 5.30. The first-order valence-electron chi connectivity index (χ1n) is 5.69. The third-order valence-corrected chi connectivity index (χ3v) is 3.31. The van der Waals surface area contributed by atoms with E-state index >= 15 is 0 Å². The summed E-state index contributed by atoms with van der Waals surface area (Å²) in [6, 6.07) is 1.91. The van der Waals surface area contributed by atoms with Crippen LogP contribution in [0.15, 0.2) is 17.6 Å². The molecule has 0 saturated heterocycles. The van der Waals surface area contributed by atoms with Gasteiger partial charge in [-0.15, -0.1) is 11.3 Å². The minimum atomic E-state index is 0.716. The number of rotatable bonds is 4. The normalized spacial score (nSPS) is 10.4. The van der Waals surface area contributed by atoms with Gasteiger partial charge in [0, 0.05) is 32.7 Å². The van der Waals surface area contributed by atoms with Crippen LogP contribution in [0.1, 0.15) is 10.7 Å². The van der Waals surface area contributed by atoms with Gasteiger partial charge in [0.15, 0.2) is 0 Å². The maximum Gasteiger partial charge on any atom is 0.226 e. The Kier molecular flexibility index (Phi) is 3.76. The van der Waals surface area contributed by atoms with Gasteiger partial charge in [0.05, 0.1) is 17.2 Å². The highest BCUT2D eigenvalue weighted by Gasteiger charge is 2.08. The Bertz CT molecular complexity index is 523. The van der Waals surface area contributed by atoms with E-state index in [2.05, 4.69) is 25.2 Å². The summed E-state index contributed by atoms with van der Waals surface area (Å²) in [5, 5.41) is 3.18. The van der Waals surface area contributed by atoms with E-state index in [1.807, 2.05) is 39.0 Å². The predicted octanol–water partition coefficient (Wildman–Crippen LogP) is 1.94. The quantitative estimate of drug-likeness (QED) is 0.843. The van der Waals surface area contributed by atoms with Gasteiger partial charge in [-0.25, -0.2) is 9.97 Å². The van der Waals surface area contributed by atoms with Crippen LogP contribution in [0.5, 0.6) is 0 Å². The summed E-state index contributed by atoms with van der Waals surface area (Å²) < 4.78 is 0. The second-order valence-electron chi connectivity index (χ2n) is 4.32. The lowest BCUT2D eigenvalue weighted by Gasteiger charge is -2.18. The van der Waals surface area contributed by atoms with Gasteiger partial charge in [0.1, 0.15) is 5.82 Å². The van der Waals surface area contributed by atoms with E-state index in [0.717, 1.165) is 23.1 Å². The minimum Gasteiger partial charge on any atom is -0.354 e. The average molecular weight is 263 g/mol. The molecule has 2 rings (SSSR count). The molecule has 2 heterocycles. The van der Waals surface area contributed by atoms with Gasteiger partial charge in [0.25, 0.3) is 0 Å². The molecule has 0 aliphatic heterocycles. The maximum atomic E-state index is 4.49. The lowest BCUT2D eigenvalue weighted by molar-refractivity contribution is 0.859. The summed E-state index contributed by atoms with van der Waals surface area (Å²) in [5.41, 5.74) is 1.07. The molecule has 0 unspecified atom stereocenters. The molecule has 6 heteroatoms. The van der Waals surface area contributed by atoms with Crippen molar-refractivity contribution in [2.45, 2.75) is 13.5 Å². The molecular weight excluding hydrogens is 246 g/mol. The van der Waals surface area contributed by atoms with Crippen LogP contribution in [0.25, 0.3) is 0 Å². The molecule has 0 aliphatic rings. The van der Waals surface area contributed by atoms with E-state index in [4.69, 9.17) is 0 Å². The SMILES string of the molecule is Cc1nc(CN(C)c2ccnc(N(C)C)n2)cs1. The van der Waals surface area contributed by atoms with Crippen LogP contribution in [-0.2, 0) is 6.54 Å². The van der Waals surface area contributed by atoms with Crippen LogP contribution in [0.3, 0.4) is 0 Å².